The van der Waals surface area contributed by atoms with Crippen molar-refractivity contribution in [3.8, 4) is 0 Å². The van der Waals surface area contributed by atoms with Crippen LogP contribution in [0.1, 0.15) is 18.4 Å². The highest BCUT2D eigenvalue weighted by Crippen LogP contribution is 2.16. The lowest BCUT2D eigenvalue weighted by Gasteiger charge is -2.37. The van der Waals surface area contributed by atoms with E-state index >= 15 is 0 Å². The molecule has 1 amide bonds. The van der Waals surface area contributed by atoms with E-state index in [2.05, 4.69) is 15.2 Å². The molecule has 0 radical (unpaired) electrons. The van der Waals surface area contributed by atoms with E-state index in [4.69, 9.17) is 4.74 Å². The Kier molecular flexibility index (Phi) is 6.56. The smallest absolute Gasteiger partial charge is 0.251 e. The molecule has 2 aliphatic rings. The van der Waals surface area contributed by atoms with Crippen LogP contribution in [-0.4, -0.2) is 82.3 Å². The van der Waals surface area contributed by atoms with E-state index in [9.17, 15) is 13.2 Å². The molecule has 1 N–H and O–H groups in total. The first-order valence-electron chi connectivity index (χ1n) is 9.53. The van der Waals surface area contributed by atoms with Gasteiger partial charge in [0.15, 0.2) is 15.8 Å². The van der Waals surface area contributed by atoms with Crippen LogP contribution < -0.4 is 5.32 Å². The van der Waals surface area contributed by atoms with Crippen LogP contribution in [0.3, 0.4) is 0 Å². The number of aliphatic imine (C=N–C) groups is 1. The summed E-state index contributed by atoms with van der Waals surface area (Å²) in [6.07, 6.45) is 2.71. The van der Waals surface area contributed by atoms with Gasteiger partial charge in [-0.2, -0.15) is 0 Å². The number of hydrogen-bond donors (Lipinski definition) is 1. The Balaban J connectivity index is 1.50. The quantitative estimate of drug-likeness (QED) is 0.576. The Bertz CT molecular complexity index is 809. The molecule has 154 valence electrons. The maximum atomic E-state index is 12.4. The van der Waals surface area contributed by atoms with Crippen molar-refractivity contribution in [3.05, 3.63) is 29.8 Å². The monoisotopic (exact) mass is 408 g/mol. The molecule has 2 saturated heterocycles. The van der Waals surface area contributed by atoms with Crippen LogP contribution >= 0.6 is 0 Å². The number of piperazine rings is 1. The highest BCUT2D eigenvalue weighted by Gasteiger charge is 2.30. The number of nitrogens with one attached hydrogen (secondary N) is 1. The molecule has 8 nitrogen and oxygen atoms in total. The molecule has 1 unspecified atom stereocenters. The molecule has 9 heteroatoms. The number of rotatable bonds is 4. The third-order valence-corrected chi connectivity index (χ3v) is 6.24. The number of carbonyl (C=O) groups is 1. The van der Waals surface area contributed by atoms with Gasteiger partial charge in [-0.05, 0) is 30.5 Å². The van der Waals surface area contributed by atoms with E-state index in [1.807, 2.05) is 4.90 Å². The van der Waals surface area contributed by atoms with Gasteiger partial charge >= 0.3 is 0 Å². The van der Waals surface area contributed by atoms with Crippen molar-refractivity contribution in [2.45, 2.75) is 30.4 Å². The van der Waals surface area contributed by atoms with Gasteiger partial charge in [0, 0.05) is 52.6 Å². The Hall–Kier alpha value is -2.13. The van der Waals surface area contributed by atoms with Crippen LogP contribution in [0.25, 0.3) is 0 Å². The Morgan fingerprint density at radius 2 is 1.82 bits per heavy atom. The summed E-state index contributed by atoms with van der Waals surface area (Å²) in [4.78, 5) is 21.1. The van der Waals surface area contributed by atoms with Crippen LogP contribution in [0.5, 0.6) is 0 Å². The lowest BCUT2D eigenvalue weighted by Crippen LogP contribution is -2.55. The maximum Gasteiger partial charge on any atom is 0.251 e. The second-order valence-corrected chi connectivity index (χ2v) is 9.15. The van der Waals surface area contributed by atoms with Gasteiger partial charge in [-0.1, -0.05) is 12.1 Å². The summed E-state index contributed by atoms with van der Waals surface area (Å²) in [5.74, 6) is 0.877. The minimum Gasteiger partial charge on any atom is -0.368 e. The predicted octanol–water partition coefficient (Wildman–Crippen LogP) is 0.489. The summed E-state index contributed by atoms with van der Waals surface area (Å²) in [5, 5.41) is 3.31. The molecule has 28 heavy (non-hydrogen) atoms. The normalized spacial score (nSPS) is 21.1. The SMILES string of the molecule is CN=C(NCc1ccc(S(C)(=O)=O)cc1)N1CCN(C(=O)C2CCCO2)CC1. The van der Waals surface area contributed by atoms with Gasteiger partial charge in [-0.25, -0.2) is 8.42 Å². The Morgan fingerprint density at radius 1 is 1.18 bits per heavy atom. The number of hydrogen-bond acceptors (Lipinski definition) is 5. The molecule has 2 heterocycles. The van der Waals surface area contributed by atoms with Gasteiger partial charge in [0.25, 0.3) is 5.91 Å². The lowest BCUT2D eigenvalue weighted by molar-refractivity contribution is -0.142. The van der Waals surface area contributed by atoms with Crippen LogP contribution in [0.4, 0.5) is 0 Å². The van der Waals surface area contributed by atoms with Gasteiger partial charge in [-0.15, -0.1) is 0 Å². The Morgan fingerprint density at radius 3 is 2.36 bits per heavy atom. The lowest BCUT2D eigenvalue weighted by atomic mass is 10.2. The van der Waals surface area contributed by atoms with Crippen molar-refractivity contribution in [1.82, 2.24) is 15.1 Å². The third kappa shape index (κ3) is 5.02. The molecular formula is C19H28N4O4S. The van der Waals surface area contributed by atoms with Crippen molar-refractivity contribution >= 4 is 21.7 Å². The number of nitrogens with zero attached hydrogens (tertiary/aromatic N) is 3. The van der Waals surface area contributed by atoms with E-state index < -0.39 is 9.84 Å². The minimum absolute atomic E-state index is 0.103. The van der Waals surface area contributed by atoms with Crippen LogP contribution in [-0.2, 0) is 25.9 Å². The molecule has 1 atom stereocenters. The molecule has 0 bridgehead atoms. The molecular weight excluding hydrogens is 380 g/mol. The maximum absolute atomic E-state index is 12.4. The highest BCUT2D eigenvalue weighted by molar-refractivity contribution is 7.90. The zero-order valence-electron chi connectivity index (χ0n) is 16.4. The summed E-state index contributed by atoms with van der Waals surface area (Å²) in [7, 11) is -1.45. The minimum atomic E-state index is -3.18. The van der Waals surface area contributed by atoms with Gasteiger partial charge in [0.05, 0.1) is 4.90 Å². The van der Waals surface area contributed by atoms with Gasteiger partial charge in [-0.3, -0.25) is 9.79 Å². The van der Waals surface area contributed by atoms with E-state index in [1.54, 1.807) is 31.3 Å². The molecule has 2 fully saturated rings. The van der Waals surface area contributed by atoms with Gasteiger partial charge in [0.2, 0.25) is 0 Å². The van der Waals surface area contributed by atoms with Crippen LogP contribution in [0.15, 0.2) is 34.2 Å². The first-order valence-corrected chi connectivity index (χ1v) is 11.4. The molecule has 1 aromatic carbocycles. The van der Waals surface area contributed by atoms with Crippen molar-refractivity contribution in [3.63, 3.8) is 0 Å². The molecule has 0 spiro atoms. The second kappa shape index (κ2) is 8.91. The average Bonchev–Trinajstić information content (AvgIpc) is 3.23. The fraction of sp³-hybridized carbons (Fsp3) is 0.579. The zero-order chi connectivity index (χ0) is 20.1. The molecule has 0 aromatic heterocycles. The average molecular weight is 409 g/mol. The van der Waals surface area contributed by atoms with Crippen LogP contribution in [0, 0.1) is 0 Å². The van der Waals surface area contributed by atoms with Crippen molar-refractivity contribution in [1.29, 1.82) is 0 Å². The van der Waals surface area contributed by atoms with E-state index in [0.29, 0.717) is 44.2 Å². The molecule has 0 saturated carbocycles. The van der Waals surface area contributed by atoms with Gasteiger partial charge < -0.3 is 19.9 Å². The predicted molar refractivity (Wildman–Crippen MR) is 107 cm³/mol. The molecule has 1 aromatic rings. The van der Waals surface area contributed by atoms with Crippen molar-refractivity contribution in [2.75, 3.05) is 46.1 Å². The second-order valence-electron chi connectivity index (χ2n) is 7.13. The summed E-state index contributed by atoms with van der Waals surface area (Å²) >= 11 is 0. The number of guanidine groups is 1. The fourth-order valence-corrected chi connectivity index (χ4v) is 4.11. The number of ether oxygens (including phenoxy) is 1. The van der Waals surface area contributed by atoms with Crippen LogP contribution in [0.2, 0.25) is 0 Å². The number of amides is 1. The molecule has 0 aliphatic carbocycles. The number of benzene rings is 1. The van der Waals surface area contributed by atoms with E-state index in [1.165, 1.54) is 6.26 Å². The first-order chi connectivity index (χ1) is 13.4. The van der Waals surface area contributed by atoms with Crippen molar-refractivity contribution in [2.24, 2.45) is 4.99 Å². The standard InChI is InChI=1S/C19H28N4O4S/c1-20-19(21-14-15-5-7-16(8-6-15)28(2,25)26)23-11-9-22(10-12-23)18(24)17-4-3-13-27-17/h5-8,17H,3-4,9-14H2,1-2H3,(H,20,21). The highest BCUT2D eigenvalue weighted by atomic mass is 32.2. The van der Waals surface area contributed by atoms with E-state index in [0.717, 1.165) is 24.4 Å². The summed E-state index contributed by atoms with van der Waals surface area (Å²) in [6, 6.07) is 6.83. The Labute approximate surface area is 166 Å². The largest absolute Gasteiger partial charge is 0.368 e. The van der Waals surface area contributed by atoms with Crippen molar-refractivity contribution < 1.29 is 17.9 Å². The number of carbonyl (C=O) groups excluding carboxylic acids is 1. The zero-order valence-corrected chi connectivity index (χ0v) is 17.2. The van der Waals surface area contributed by atoms with Gasteiger partial charge in [0.1, 0.15) is 6.10 Å². The fourth-order valence-electron chi connectivity index (χ4n) is 3.48. The number of sulfone groups is 1. The topological polar surface area (TPSA) is 91.3 Å². The summed E-state index contributed by atoms with van der Waals surface area (Å²) in [6.45, 7) is 3.96. The summed E-state index contributed by atoms with van der Waals surface area (Å²) in [5.41, 5.74) is 0.973. The third-order valence-electron chi connectivity index (χ3n) is 5.11. The summed E-state index contributed by atoms with van der Waals surface area (Å²) < 4.78 is 28.6. The van der Waals surface area contributed by atoms with E-state index in [-0.39, 0.29) is 12.0 Å². The molecule has 2 aliphatic heterocycles. The first kappa shape index (κ1) is 20.6. The molecule has 3 rings (SSSR count).